The van der Waals surface area contributed by atoms with Crippen molar-refractivity contribution in [1.29, 1.82) is 0 Å². The largest absolute Gasteiger partial charge is 0.507 e. The summed E-state index contributed by atoms with van der Waals surface area (Å²) in [6, 6.07) is 11.1. The van der Waals surface area contributed by atoms with E-state index in [0.717, 1.165) is 10.8 Å². The number of phenolic OH excluding ortho intramolecular Hbond substituents is 1. The number of fused-ring (bicyclic) bond motifs is 1. The van der Waals surface area contributed by atoms with Gasteiger partial charge in [0.1, 0.15) is 5.75 Å². The van der Waals surface area contributed by atoms with Crippen LogP contribution < -0.4 is 0 Å². The molecule has 17 heavy (non-hydrogen) atoms. The van der Waals surface area contributed by atoms with Gasteiger partial charge in [0.15, 0.2) is 5.78 Å². The van der Waals surface area contributed by atoms with Crippen molar-refractivity contribution >= 4 is 16.6 Å². The summed E-state index contributed by atoms with van der Waals surface area (Å²) in [5.74, 6) is 0.0452. The van der Waals surface area contributed by atoms with E-state index in [9.17, 15) is 9.90 Å². The maximum Gasteiger partial charge on any atom is 0.171 e. The van der Waals surface area contributed by atoms with Crippen LogP contribution in [0.25, 0.3) is 10.8 Å². The average molecular weight is 228 g/mol. The standard InChI is InChI=1S/C15H16O2/c1-15(2,3)14(17)12-9-8-10-6-4-5-7-11(10)13(12)16/h4-9,16H,1-3H3. The lowest BCUT2D eigenvalue weighted by molar-refractivity contribution is 0.0855. The van der Waals surface area contributed by atoms with E-state index in [-0.39, 0.29) is 11.5 Å². The van der Waals surface area contributed by atoms with Crippen LogP contribution in [-0.4, -0.2) is 10.9 Å². The Kier molecular flexibility index (Phi) is 2.66. The lowest BCUT2D eigenvalue weighted by Crippen LogP contribution is -2.20. The van der Waals surface area contributed by atoms with E-state index in [2.05, 4.69) is 0 Å². The van der Waals surface area contributed by atoms with Crippen LogP contribution in [0, 0.1) is 5.41 Å². The number of ketones is 1. The fourth-order valence-corrected chi connectivity index (χ4v) is 1.84. The van der Waals surface area contributed by atoms with Gasteiger partial charge in [-0.15, -0.1) is 0 Å². The molecule has 0 aromatic heterocycles. The molecule has 0 atom stereocenters. The zero-order valence-corrected chi connectivity index (χ0v) is 10.3. The maximum absolute atomic E-state index is 12.2. The minimum atomic E-state index is -0.486. The number of Topliss-reactive ketones (excluding diaryl/α,β-unsaturated/α-hetero) is 1. The molecule has 0 bridgehead atoms. The van der Waals surface area contributed by atoms with Gasteiger partial charge in [-0.3, -0.25) is 4.79 Å². The van der Waals surface area contributed by atoms with E-state index in [0.29, 0.717) is 5.56 Å². The molecule has 0 saturated heterocycles. The van der Waals surface area contributed by atoms with Gasteiger partial charge in [-0.2, -0.15) is 0 Å². The second-order valence-electron chi connectivity index (χ2n) is 5.26. The lowest BCUT2D eigenvalue weighted by Gasteiger charge is -2.18. The van der Waals surface area contributed by atoms with Crippen molar-refractivity contribution in [3.8, 4) is 5.75 Å². The van der Waals surface area contributed by atoms with Crippen LogP contribution in [0.15, 0.2) is 36.4 Å². The first-order valence-corrected chi connectivity index (χ1v) is 5.67. The van der Waals surface area contributed by atoms with E-state index in [1.807, 2.05) is 51.1 Å². The highest BCUT2D eigenvalue weighted by molar-refractivity contribution is 6.06. The normalized spacial score (nSPS) is 11.7. The van der Waals surface area contributed by atoms with Crippen LogP contribution >= 0.6 is 0 Å². The molecule has 2 aromatic rings. The summed E-state index contributed by atoms with van der Waals surface area (Å²) >= 11 is 0. The Labute approximate surface area is 101 Å². The summed E-state index contributed by atoms with van der Waals surface area (Å²) in [5, 5.41) is 11.8. The highest BCUT2D eigenvalue weighted by Crippen LogP contribution is 2.32. The number of hydrogen-bond donors (Lipinski definition) is 1. The SMILES string of the molecule is CC(C)(C)C(=O)c1ccc2ccccc2c1O. The maximum atomic E-state index is 12.2. The molecule has 0 heterocycles. The molecule has 0 saturated carbocycles. The van der Waals surface area contributed by atoms with Crippen LogP contribution in [0.5, 0.6) is 5.75 Å². The fraction of sp³-hybridized carbons (Fsp3) is 0.267. The summed E-state index contributed by atoms with van der Waals surface area (Å²) in [6.45, 7) is 5.55. The minimum absolute atomic E-state index is 0.0410. The van der Waals surface area contributed by atoms with E-state index in [1.54, 1.807) is 6.07 Å². The van der Waals surface area contributed by atoms with Crippen molar-refractivity contribution in [3.05, 3.63) is 42.0 Å². The van der Waals surface area contributed by atoms with Gasteiger partial charge in [0.25, 0.3) is 0 Å². The molecule has 0 amide bonds. The first kappa shape index (κ1) is 11.6. The molecule has 1 N–H and O–H groups in total. The Balaban J connectivity index is 2.65. The molecule has 0 aliphatic heterocycles. The van der Waals surface area contributed by atoms with Crippen molar-refractivity contribution in [2.45, 2.75) is 20.8 Å². The number of rotatable bonds is 1. The summed E-state index contributed by atoms with van der Waals surface area (Å²) in [7, 11) is 0. The molecule has 2 nitrogen and oxygen atoms in total. The molecular weight excluding hydrogens is 212 g/mol. The quantitative estimate of drug-likeness (QED) is 0.754. The first-order valence-electron chi connectivity index (χ1n) is 5.67. The third-order valence-corrected chi connectivity index (χ3v) is 2.83. The molecule has 0 aliphatic carbocycles. The lowest BCUT2D eigenvalue weighted by atomic mass is 9.85. The predicted octanol–water partition coefficient (Wildman–Crippen LogP) is 3.77. The minimum Gasteiger partial charge on any atom is -0.507 e. The van der Waals surface area contributed by atoms with Crippen molar-refractivity contribution in [1.82, 2.24) is 0 Å². The van der Waals surface area contributed by atoms with Gasteiger partial charge in [0, 0.05) is 10.8 Å². The van der Waals surface area contributed by atoms with Crippen LogP contribution in [-0.2, 0) is 0 Å². The molecule has 0 spiro atoms. The molecule has 2 heteroatoms. The number of benzene rings is 2. The molecule has 0 unspecified atom stereocenters. The molecule has 88 valence electrons. The smallest absolute Gasteiger partial charge is 0.171 e. The van der Waals surface area contributed by atoms with Crippen molar-refractivity contribution in [3.63, 3.8) is 0 Å². The van der Waals surface area contributed by atoms with E-state index >= 15 is 0 Å². The van der Waals surface area contributed by atoms with Crippen molar-refractivity contribution in [2.75, 3.05) is 0 Å². The Morgan fingerprint density at radius 2 is 1.71 bits per heavy atom. The predicted molar refractivity (Wildman–Crippen MR) is 69.4 cm³/mol. The van der Waals surface area contributed by atoms with Crippen molar-refractivity contribution in [2.24, 2.45) is 5.41 Å². The van der Waals surface area contributed by atoms with Gasteiger partial charge in [0.05, 0.1) is 5.56 Å². The van der Waals surface area contributed by atoms with Gasteiger partial charge >= 0.3 is 0 Å². The fourth-order valence-electron chi connectivity index (χ4n) is 1.84. The molecular formula is C15H16O2. The van der Waals surface area contributed by atoms with E-state index < -0.39 is 5.41 Å². The summed E-state index contributed by atoms with van der Waals surface area (Å²) < 4.78 is 0. The average Bonchev–Trinajstić information content (AvgIpc) is 2.28. The van der Waals surface area contributed by atoms with Gasteiger partial charge in [-0.1, -0.05) is 51.1 Å². The number of carbonyl (C=O) groups excluding carboxylic acids is 1. The van der Waals surface area contributed by atoms with Crippen LogP contribution in [0.3, 0.4) is 0 Å². The summed E-state index contributed by atoms with van der Waals surface area (Å²) in [5.41, 5.74) is -0.0869. The Morgan fingerprint density at radius 3 is 2.35 bits per heavy atom. The highest BCUT2D eigenvalue weighted by Gasteiger charge is 2.25. The highest BCUT2D eigenvalue weighted by atomic mass is 16.3. The third kappa shape index (κ3) is 2.03. The zero-order chi connectivity index (χ0) is 12.6. The second-order valence-corrected chi connectivity index (χ2v) is 5.26. The summed E-state index contributed by atoms with van der Waals surface area (Å²) in [4.78, 5) is 12.2. The first-order chi connectivity index (χ1) is 7.91. The molecule has 2 aromatic carbocycles. The Morgan fingerprint density at radius 1 is 1.06 bits per heavy atom. The monoisotopic (exact) mass is 228 g/mol. The number of carbonyl (C=O) groups is 1. The van der Waals surface area contributed by atoms with Crippen LogP contribution in [0.1, 0.15) is 31.1 Å². The molecule has 0 aliphatic rings. The van der Waals surface area contributed by atoms with Crippen LogP contribution in [0.2, 0.25) is 0 Å². The topological polar surface area (TPSA) is 37.3 Å². The van der Waals surface area contributed by atoms with Crippen molar-refractivity contribution < 1.29 is 9.90 Å². The number of aromatic hydroxyl groups is 1. The van der Waals surface area contributed by atoms with Gasteiger partial charge in [-0.05, 0) is 11.5 Å². The zero-order valence-electron chi connectivity index (χ0n) is 10.3. The Bertz CT molecular complexity index is 577. The van der Waals surface area contributed by atoms with Crippen LogP contribution in [0.4, 0.5) is 0 Å². The second kappa shape index (κ2) is 3.88. The molecule has 2 rings (SSSR count). The third-order valence-electron chi connectivity index (χ3n) is 2.83. The number of phenols is 1. The summed E-state index contributed by atoms with van der Waals surface area (Å²) in [6.07, 6.45) is 0. The molecule has 0 fully saturated rings. The van der Waals surface area contributed by atoms with Gasteiger partial charge in [0.2, 0.25) is 0 Å². The number of hydrogen-bond acceptors (Lipinski definition) is 2. The van der Waals surface area contributed by atoms with Gasteiger partial charge < -0.3 is 5.11 Å². The molecule has 0 radical (unpaired) electrons. The Hall–Kier alpha value is -1.83. The van der Waals surface area contributed by atoms with Gasteiger partial charge in [-0.25, -0.2) is 0 Å². The van der Waals surface area contributed by atoms with E-state index in [1.165, 1.54) is 0 Å². The van der Waals surface area contributed by atoms with E-state index in [4.69, 9.17) is 0 Å².